The van der Waals surface area contributed by atoms with Crippen molar-refractivity contribution in [3.8, 4) is 0 Å². The molecule has 4 aromatic carbocycles. The summed E-state index contributed by atoms with van der Waals surface area (Å²) in [4.78, 5) is 18.2. The van der Waals surface area contributed by atoms with E-state index >= 15 is 0 Å². The summed E-state index contributed by atoms with van der Waals surface area (Å²) in [6, 6.07) is 33.7. The highest BCUT2D eigenvalue weighted by Gasteiger charge is 2.09. The largest absolute Gasteiger partial charge is 0.355 e. The van der Waals surface area contributed by atoms with Crippen LogP contribution in [-0.4, -0.2) is 19.9 Å². The molecule has 0 unspecified atom stereocenters. The van der Waals surface area contributed by atoms with E-state index in [4.69, 9.17) is 11.6 Å². The Balaban J connectivity index is 1.21. The first kappa shape index (κ1) is 26.0. The van der Waals surface area contributed by atoms with Crippen LogP contribution in [-0.2, 0) is 6.54 Å². The van der Waals surface area contributed by atoms with Crippen molar-refractivity contribution in [1.29, 1.82) is 0 Å². The lowest BCUT2D eigenvalue weighted by Crippen LogP contribution is -2.09. The number of hydrogen-bond acceptors (Lipinski definition) is 8. The molecule has 202 valence electrons. The third-order valence-electron chi connectivity index (χ3n) is 6.36. The Kier molecular flexibility index (Phi) is 7.55. The van der Waals surface area contributed by atoms with Crippen molar-refractivity contribution in [2.45, 2.75) is 13.5 Å². The van der Waals surface area contributed by atoms with Gasteiger partial charge in [0.2, 0.25) is 17.8 Å². The van der Waals surface area contributed by atoms with Crippen LogP contribution in [0.5, 0.6) is 0 Å². The number of nitrogens with one attached hydrogen (secondary N) is 4. The van der Waals surface area contributed by atoms with Crippen molar-refractivity contribution in [2.24, 2.45) is 0 Å². The molecular weight excluding hydrogens is 532 g/mol. The molecule has 41 heavy (non-hydrogen) atoms. The summed E-state index contributed by atoms with van der Waals surface area (Å²) in [5.74, 6) is 1.32. The molecule has 6 aromatic rings. The highest BCUT2D eigenvalue weighted by atomic mass is 35.5. The number of benzene rings is 4. The number of anilines is 7. The molecule has 8 nitrogen and oxygen atoms in total. The normalized spacial score (nSPS) is 10.8. The fraction of sp³-hybridized carbons (Fsp3) is 0.0625. The Bertz CT molecular complexity index is 1780. The Morgan fingerprint density at radius 1 is 0.634 bits per heavy atom. The van der Waals surface area contributed by atoms with Crippen LogP contribution >= 0.6 is 11.6 Å². The van der Waals surface area contributed by atoms with Gasteiger partial charge in [0.25, 0.3) is 0 Å². The Morgan fingerprint density at radius 3 is 1.93 bits per heavy atom. The Labute approximate surface area is 242 Å². The van der Waals surface area contributed by atoms with E-state index in [1.54, 1.807) is 6.20 Å². The van der Waals surface area contributed by atoms with Crippen LogP contribution in [0.2, 0.25) is 5.02 Å². The summed E-state index contributed by atoms with van der Waals surface area (Å²) in [5.41, 5.74) is 6.75. The van der Waals surface area contributed by atoms with Gasteiger partial charge in [-0.1, -0.05) is 59.6 Å². The van der Waals surface area contributed by atoms with Gasteiger partial charge in [0.1, 0.15) is 0 Å². The lowest BCUT2D eigenvalue weighted by molar-refractivity contribution is 1.01. The van der Waals surface area contributed by atoms with Crippen LogP contribution in [0.15, 0.2) is 109 Å². The summed E-state index contributed by atoms with van der Waals surface area (Å²) < 4.78 is 0. The molecule has 6 rings (SSSR count). The minimum atomic E-state index is 0.419. The first-order valence-corrected chi connectivity index (χ1v) is 13.5. The maximum Gasteiger partial charge on any atom is 0.233 e. The average molecular weight is 559 g/mol. The van der Waals surface area contributed by atoms with E-state index in [1.165, 1.54) is 5.56 Å². The number of hydrogen-bond donors (Lipinski definition) is 4. The second-order valence-corrected chi connectivity index (χ2v) is 9.92. The molecule has 4 N–H and O–H groups in total. The van der Waals surface area contributed by atoms with Crippen LogP contribution in [0.4, 0.5) is 40.6 Å². The average Bonchev–Trinajstić information content (AvgIpc) is 2.99. The lowest BCUT2D eigenvalue weighted by atomic mass is 10.2. The molecule has 0 aliphatic rings. The highest BCUT2D eigenvalue weighted by molar-refractivity contribution is 6.31. The van der Waals surface area contributed by atoms with Gasteiger partial charge >= 0.3 is 0 Å². The van der Waals surface area contributed by atoms with E-state index in [1.807, 2.05) is 91.0 Å². The second-order valence-electron chi connectivity index (χ2n) is 9.48. The third-order valence-corrected chi connectivity index (χ3v) is 6.60. The molecule has 0 aliphatic heterocycles. The summed E-state index contributed by atoms with van der Waals surface area (Å²) >= 11 is 6.14. The standard InChI is InChI=1S/C32H27ClN8/c1-21-7-10-25(11-8-21)37-31-39-30(35-20-22-5-3-2-4-6-22)40-32(41-31)38-26-14-12-24(13-15-26)36-28-17-18-34-29-19-23(33)9-16-27(28)29/h2-19H,20H2,1H3,(H,34,36)(H3,35,37,38,39,40,41). The molecule has 0 atom stereocenters. The molecule has 0 amide bonds. The summed E-state index contributed by atoms with van der Waals surface area (Å²) in [7, 11) is 0. The van der Waals surface area contributed by atoms with Crippen molar-refractivity contribution < 1.29 is 0 Å². The summed E-state index contributed by atoms with van der Waals surface area (Å²) in [6.45, 7) is 2.64. The van der Waals surface area contributed by atoms with Crippen LogP contribution < -0.4 is 21.3 Å². The van der Waals surface area contributed by atoms with E-state index in [-0.39, 0.29) is 0 Å². The topological polar surface area (TPSA) is 99.7 Å². The van der Waals surface area contributed by atoms with Gasteiger partial charge < -0.3 is 21.3 Å². The van der Waals surface area contributed by atoms with Crippen LogP contribution in [0, 0.1) is 6.92 Å². The van der Waals surface area contributed by atoms with Crippen molar-refractivity contribution in [3.05, 3.63) is 125 Å². The molecule has 0 bridgehead atoms. The van der Waals surface area contributed by atoms with Gasteiger partial charge in [-0.05, 0) is 73.2 Å². The summed E-state index contributed by atoms with van der Waals surface area (Å²) in [6.07, 6.45) is 1.77. The first-order chi connectivity index (χ1) is 20.1. The Hall–Kier alpha value is -5.21. The van der Waals surface area contributed by atoms with Gasteiger partial charge in [0.05, 0.1) is 5.52 Å². The van der Waals surface area contributed by atoms with Crippen molar-refractivity contribution in [1.82, 2.24) is 19.9 Å². The predicted octanol–water partition coefficient (Wildman–Crippen LogP) is 8.22. The van der Waals surface area contributed by atoms with Gasteiger partial charge in [-0.2, -0.15) is 15.0 Å². The van der Waals surface area contributed by atoms with Crippen molar-refractivity contribution in [2.75, 3.05) is 21.3 Å². The maximum absolute atomic E-state index is 6.14. The van der Waals surface area contributed by atoms with E-state index in [9.17, 15) is 0 Å². The van der Waals surface area contributed by atoms with Crippen LogP contribution in [0.3, 0.4) is 0 Å². The number of fused-ring (bicyclic) bond motifs is 1. The molecule has 0 saturated carbocycles. The molecular formula is C32H27ClN8. The van der Waals surface area contributed by atoms with Gasteiger partial charge in [-0.3, -0.25) is 4.98 Å². The number of aryl methyl sites for hydroxylation is 1. The first-order valence-electron chi connectivity index (χ1n) is 13.1. The second kappa shape index (κ2) is 11.9. The van der Waals surface area contributed by atoms with Crippen LogP contribution in [0.25, 0.3) is 10.9 Å². The molecule has 0 aliphatic carbocycles. The number of halogens is 1. The lowest BCUT2D eigenvalue weighted by Gasteiger charge is -2.13. The zero-order chi connectivity index (χ0) is 28.0. The maximum atomic E-state index is 6.14. The van der Waals surface area contributed by atoms with E-state index < -0.39 is 0 Å². The van der Waals surface area contributed by atoms with E-state index in [0.717, 1.165) is 39.2 Å². The number of aromatic nitrogens is 4. The summed E-state index contributed by atoms with van der Waals surface area (Å²) in [5, 5.41) is 15.0. The molecule has 2 aromatic heterocycles. The molecule has 0 saturated heterocycles. The number of rotatable bonds is 9. The molecule has 2 heterocycles. The number of pyridine rings is 1. The third kappa shape index (κ3) is 6.69. The molecule has 9 heteroatoms. The number of nitrogens with zero attached hydrogens (tertiary/aromatic N) is 4. The van der Waals surface area contributed by atoms with Gasteiger partial charge in [0, 0.05) is 45.9 Å². The minimum absolute atomic E-state index is 0.419. The SMILES string of the molecule is Cc1ccc(Nc2nc(NCc3ccccc3)nc(Nc3ccc(Nc4ccnc5cc(Cl)ccc45)cc3)n2)cc1. The quantitative estimate of drug-likeness (QED) is 0.141. The van der Waals surface area contributed by atoms with Gasteiger partial charge in [-0.25, -0.2) is 0 Å². The molecule has 0 spiro atoms. The predicted molar refractivity (Wildman–Crippen MR) is 168 cm³/mol. The smallest absolute Gasteiger partial charge is 0.233 e. The van der Waals surface area contributed by atoms with E-state index in [0.29, 0.717) is 29.4 Å². The fourth-order valence-corrected chi connectivity index (χ4v) is 4.43. The van der Waals surface area contributed by atoms with Crippen molar-refractivity contribution in [3.63, 3.8) is 0 Å². The van der Waals surface area contributed by atoms with Gasteiger partial charge in [0.15, 0.2) is 0 Å². The van der Waals surface area contributed by atoms with Crippen molar-refractivity contribution >= 4 is 63.1 Å². The monoisotopic (exact) mass is 558 g/mol. The van der Waals surface area contributed by atoms with E-state index in [2.05, 4.69) is 60.3 Å². The zero-order valence-electron chi connectivity index (χ0n) is 22.3. The Morgan fingerprint density at radius 2 is 1.24 bits per heavy atom. The van der Waals surface area contributed by atoms with Gasteiger partial charge in [-0.15, -0.1) is 0 Å². The molecule has 0 radical (unpaired) electrons. The van der Waals surface area contributed by atoms with Crippen LogP contribution in [0.1, 0.15) is 11.1 Å². The fourth-order valence-electron chi connectivity index (χ4n) is 4.26. The highest BCUT2D eigenvalue weighted by Crippen LogP contribution is 2.28. The molecule has 0 fully saturated rings. The minimum Gasteiger partial charge on any atom is -0.355 e. The zero-order valence-corrected chi connectivity index (χ0v) is 23.0.